The number of rotatable bonds is 5. The number of unbranched alkanes of at least 4 members (excludes halogenated alkanes) is 1. The highest BCUT2D eigenvalue weighted by Crippen LogP contribution is 2.29. The van der Waals surface area contributed by atoms with Gasteiger partial charge in [0.2, 0.25) is 0 Å². The van der Waals surface area contributed by atoms with Gasteiger partial charge in [0.05, 0.1) is 11.1 Å². The van der Waals surface area contributed by atoms with Crippen LogP contribution in [-0.4, -0.2) is 21.9 Å². The van der Waals surface area contributed by atoms with Gasteiger partial charge in [0, 0.05) is 23.2 Å². The summed E-state index contributed by atoms with van der Waals surface area (Å²) in [6.45, 7) is 6.78. The third-order valence-electron chi connectivity index (χ3n) is 3.76. The van der Waals surface area contributed by atoms with Gasteiger partial charge in [-0.15, -0.1) is 0 Å². The average molecular weight is 273 g/mol. The van der Waals surface area contributed by atoms with Crippen LogP contribution in [0.1, 0.15) is 51.7 Å². The second-order valence-corrected chi connectivity index (χ2v) is 5.12. The highest BCUT2D eigenvalue weighted by atomic mass is 16.4. The number of carboxylic acids is 1. The van der Waals surface area contributed by atoms with Gasteiger partial charge in [-0.2, -0.15) is 0 Å². The van der Waals surface area contributed by atoms with Gasteiger partial charge in [0.25, 0.3) is 0 Å². The Balaban J connectivity index is 2.78. The number of aromatic carboxylic acids is 1. The third kappa shape index (κ3) is 2.22. The first-order chi connectivity index (χ1) is 9.51. The molecule has 1 heterocycles. The van der Waals surface area contributed by atoms with Gasteiger partial charge in [-0.25, -0.2) is 4.79 Å². The quantitative estimate of drug-likeness (QED) is 0.847. The van der Waals surface area contributed by atoms with Crippen molar-refractivity contribution in [2.24, 2.45) is 0 Å². The molecule has 0 amide bonds. The van der Waals surface area contributed by atoms with Crippen LogP contribution >= 0.6 is 0 Å². The Morgan fingerprint density at radius 1 is 1.35 bits per heavy atom. The van der Waals surface area contributed by atoms with E-state index in [1.807, 2.05) is 13.8 Å². The lowest BCUT2D eigenvalue weighted by atomic mass is 10.0. The van der Waals surface area contributed by atoms with Crippen molar-refractivity contribution in [2.75, 3.05) is 0 Å². The fourth-order valence-corrected chi connectivity index (χ4v) is 2.72. The van der Waals surface area contributed by atoms with Crippen molar-refractivity contribution in [1.29, 1.82) is 0 Å². The van der Waals surface area contributed by atoms with Crippen LogP contribution < -0.4 is 0 Å². The molecular weight excluding hydrogens is 254 g/mol. The zero-order valence-electron chi connectivity index (χ0n) is 12.1. The predicted octanol–water partition coefficient (Wildman–Crippen LogP) is 3.57. The number of carboxylic acid groups (broad SMARTS) is 1. The minimum absolute atomic E-state index is 0.228. The Morgan fingerprint density at radius 3 is 2.60 bits per heavy atom. The van der Waals surface area contributed by atoms with Gasteiger partial charge in [-0.05, 0) is 38.0 Å². The second-order valence-electron chi connectivity index (χ2n) is 5.12. The molecule has 0 spiro atoms. The fraction of sp³-hybridized carbons (Fsp3) is 0.375. The third-order valence-corrected chi connectivity index (χ3v) is 3.76. The molecule has 0 bridgehead atoms. The van der Waals surface area contributed by atoms with Crippen LogP contribution in [0, 0.1) is 13.8 Å². The normalized spacial score (nSPS) is 10.9. The summed E-state index contributed by atoms with van der Waals surface area (Å²) < 4.78 is 2.13. The Kier molecular flexibility index (Phi) is 3.93. The molecule has 1 N–H and O–H groups in total. The van der Waals surface area contributed by atoms with Crippen LogP contribution in [0.3, 0.4) is 0 Å². The van der Waals surface area contributed by atoms with Crippen molar-refractivity contribution in [3.63, 3.8) is 0 Å². The summed E-state index contributed by atoms with van der Waals surface area (Å²) in [5, 5.41) is 9.90. The molecule has 4 heteroatoms. The molecule has 2 aromatic rings. The zero-order valence-corrected chi connectivity index (χ0v) is 12.1. The monoisotopic (exact) mass is 273 g/mol. The highest BCUT2D eigenvalue weighted by molar-refractivity contribution is 6.04. The topological polar surface area (TPSA) is 59.3 Å². The summed E-state index contributed by atoms with van der Waals surface area (Å²) in [6.07, 6.45) is 2.93. The largest absolute Gasteiger partial charge is 0.478 e. The average Bonchev–Trinajstić information content (AvgIpc) is 2.68. The van der Waals surface area contributed by atoms with E-state index >= 15 is 0 Å². The van der Waals surface area contributed by atoms with E-state index < -0.39 is 5.97 Å². The molecule has 0 atom stereocenters. The first kappa shape index (κ1) is 14.3. The van der Waals surface area contributed by atoms with E-state index in [0.29, 0.717) is 5.56 Å². The molecule has 0 radical (unpaired) electrons. The summed E-state index contributed by atoms with van der Waals surface area (Å²) in [5.74, 6) is -0.967. The minimum Gasteiger partial charge on any atom is -0.478 e. The first-order valence-corrected chi connectivity index (χ1v) is 6.83. The van der Waals surface area contributed by atoms with Crippen molar-refractivity contribution in [1.82, 2.24) is 4.57 Å². The molecular formula is C16H19NO3. The van der Waals surface area contributed by atoms with E-state index in [2.05, 4.69) is 11.5 Å². The van der Waals surface area contributed by atoms with Crippen LogP contribution in [0.25, 0.3) is 10.9 Å². The predicted molar refractivity (Wildman–Crippen MR) is 78.7 cm³/mol. The van der Waals surface area contributed by atoms with Crippen LogP contribution in [0.15, 0.2) is 12.1 Å². The minimum atomic E-state index is -0.967. The Bertz CT molecular complexity index is 683. The number of benzene rings is 1. The maximum absolute atomic E-state index is 11.4. The van der Waals surface area contributed by atoms with Crippen LogP contribution in [0.4, 0.5) is 0 Å². The van der Waals surface area contributed by atoms with Crippen molar-refractivity contribution in [2.45, 2.75) is 40.2 Å². The Morgan fingerprint density at radius 2 is 2.05 bits per heavy atom. The highest BCUT2D eigenvalue weighted by Gasteiger charge is 2.17. The molecule has 0 aliphatic carbocycles. The molecule has 1 aromatic carbocycles. The van der Waals surface area contributed by atoms with E-state index in [4.69, 9.17) is 5.11 Å². The smallest absolute Gasteiger partial charge is 0.335 e. The van der Waals surface area contributed by atoms with Crippen LogP contribution in [0.5, 0.6) is 0 Å². The van der Waals surface area contributed by atoms with Gasteiger partial charge in [-0.1, -0.05) is 13.3 Å². The summed E-state index contributed by atoms with van der Waals surface area (Å²) in [6, 6.07) is 3.27. The van der Waals surface area contributed by atoms with E-state index in [1.165, 1.54) is 0 Å². The molecule has 0 aliphatic rings. The summed E-state index contributed by atoms with van der Waals surface area (Å²) in [7, 11) is 0. The van der Waals surface area contributed by atoms with Gasteiger partial charge < -0.3 is 9.67 Å². The fourth-order valence-electron chi connectivity index (χ4n) is 2.72. The molecule has 1 aromatic heterocycles. The van der Waals surface area contributed by atoms with E-state index in [1.54, 1.807) is 12.1 Å². The van der Waals surface area contributed by atoms with E-state index in [9.17, 15) is 9.59 Å². The van der Waals surface area contributed by atoms with Gasteiger partial charge in [-0.3, -0.25) is 4.79 Å². The summed E-state index contributed by atoms with van der Waals surface area (Å²) in [4.78, 5) is 22.5. The van der Waals surface area contributed by atoms with Crippen molar-refractivity contribution < 1.29 is 14.7 Å². The maximum atomic E-state index is 11.4. The molecule has 2 rings (SSSR count). The van der Waals surface area contributed by atoms with Crippen LogP contribution in [0.2, 0.25) is 0 Å². The molecule has 0 saturated carbocycles. The van der Waals surface area contributed by atoms with E-state index in [0.717, 1.165) is 47.8 Å². The number of aryl methyl sites for hydroxylation is 2. The first-order valence-electron chi connectivity index (χ1n) is 6.83. The number of carbonyl (C=O) groups excluding carboxylic acids is 1. The van der Waals surface area contributed by atoms with Gasteiger partial charge >= 0.3 is 5.97 Å². The molecule has 0 aliphatic heterocycles. The number of hydrogen-bond acceptors (Lipinski definition) is 2. The summed E-state index contributed by atoms with van der Waals surface area (Å²) in [5.41, 5.74) is 3.61. The lowest BCUT2D eigenvalue weighted by molar-refractivity contribution is 0.0696. The Hall–Kier alpha value is -2.10. The summed E-state index contributed by atoms with van der Waals surface area (Å²) >= 11 is 0. The van der Waals surface area contributed by atoms with Crippen LogP contribution in [-0.2, 0) is 6.54 Å². The standard InChI is InChI=1S/C16H19NO3/c1-4-5-6-17-11(3)14(9-18)13-8-12(16(19)20)7-10(2)15(13)17/h7-9H,4-6H2,1-3H3,(H,19,20). The number of aldehydes is 1. The molecule has 0 fully saturated rings. The maximum Gasteiger partial charge on any atom is 0.335 e. The number of nitrogens with zero attached hydrogens (tertiary/aromatic N) is 1. The number of fused-ring (bicyclic) bond motifs is 1. The number of carbonyl (C=O) groups is 2. The van der Waals surface area contributed by atoms with Crippen molar-refractivity contribution >= 4 is 23.2 Å². The zero-order chi connectivity index (χ0) is 14.9. The molecule has 20 heavy (non-hydrogen) atoms. The SMILES string of the molecule is CCCCn1c(C)c(C=O)c2cc(C(=O)O)cc(C)c21. The lowest BCUT2D eigenvalue weighted by Gasteiger charge is -2.09. The van der Waals surface area contributed by atoms with Gasteiger partial charge in [0.15, 0.2) is 6.29 Å². The molecule has 0 unspecified atom stereocenters. The molecule has 0 saturated heterocycles. The van der Waals surface area contributed by atoms with E-state index in [-0.39, 0.29) is 5.56 Å². The lowest BCUT2D eigenvalue weighted by Crippen LogP contribution is -2.02. The Labute approximate surface area is 118 Å². The second kappa shape index (κ2) is 5.49. The number of aromatic nitrogens is 1. The number of hydrogen-bond donors (Lipinski definition) is 1. The van der Waals surface area contributed by atoms with Gasteiger partial charge in [0.1, 0.15) is 0 Å². The molecule has 106 valence electrons. The van der Waals surface area contributed by atoms with Crippen molar-refractivity contribution in [3.05, 3.63) is 34.5 Å². The van der Waals surface area contributed by atoms with Crippen molar-refractivity contribution in [3.8, 4) is 0 Å². The molecule has 4 nitrogen and oxygen atoms in total.